The number of methoxy groups -OCH3 is 2. The van der Waals surface area contributed by atoms with Gasteiger partial charge in [0.1, 0.15) is 11.8 Å². The van der Waals surface area contributed by atoms with Crippen LogP contribution in [0, 0.1) is 0 Å². The van der Waals surface area contributed by atoms with E-state index in [1.54, 1.807) is 36.4 Å². The van der Waals surface area contributed by atoms with Gasteiger partial charge in [0.2, 0.25) is 5.91 Å². The van der Waals surface area contributed by atoms with Crippen LogP contribution < -0.4 is 24.4 Å². The minimum atomic E-state index is -0.965. The van der Waals surface area contributed by atoms with Gasteiger partial charge in [-0.15, -0.1) is 0 Å². The van der Waals surface area contributed by atoms with E-state index in [2.05, 4.69) is 5.32 Å². The number of carbonyl (C=O) groups excluding carboxylic acids is 2. The molecule has 0 radical (unpaired) electrons. The van der Waals surface area contributed by atoms with E-state index in [0.717, 1.165) is 25.7 Å². The maximum absolute atomic E-state index is 13.6. The summed E-state index contributed by atoms with van der Waals surface area (Å²) in [5.41, 5.74) is 0.952. The van der Waals surface area contributed by atoms with Crippen molar-refractivity contribution in [2.45, 2.75) is 37.8 Å². The highest BCUT2D eigenvalue weighted by Gasteiger charge is 2.40. The molecule has 8 heteroatoms. The molecule has 0 spiro atoms. The monoisotopic (exact) mass is 444 g/mol. The molecular formula is C23H25ClN2O5. The summed E-state index contributed by atoms with van der Waals surface area (Å²) in [6.07, 6.45) is 4.00. The summed E-state index contributed by atoms with van der Waals surface area (Å²) in [6.45, 7) is -0.254. The van der Waals surface area contributed by atoms with Crippen molar-refractivity contribution in [3.63, 3.8) is 0 Å². The molecule has 0 bridgehead atoms. The second-order valence-corrected chi connectivity index (χ2v) is 8.08. The predicted octanol–water partition coefficient (Wildman–Crippen LogP) is 3.88. The molecule has 1 unspecified atom stereocenters. The lowest BCUT2D eigenvalue weighted by molar-refractivity contribution is -0.127. The third kappa shape index (κ3) is 4.14. The van der Waals surface area contributed by atoms with Crippen molar-refractivity contribution in [3.05, 3.63) is 47.0 Å². The van der Waals surface area contributed by atoms with Crippen LogP contribution in [-0.4, -0.2) is 38.7 Å². The summed E-state index contributed by atoms with van der Waals surface area (Å²) in [4.78, 5) is 28.3. The van der Waals surface area contributed by atoms with Crippen molar-refractivity contribution in [2.24, 2.45) is 0 Å². The van der Waals surface area contributed by atoms with Gasteiger partial charge in [-0.2, -0.15) is 0 Å². The van der Waals surface area contributed by atoms with Crippen molar-refractivity contribution in [1.82, 2.24) is 5.32 Å². The number of amides is 2. The molecule has 2 aliphatic rings. The van der Waals surface area contributed by atoms with Gasteiger partial charge in [-0.25, -0.2) is 0 Å². The SMILES string of the molecule is COc1ccc(Cl)cc1N1C(=O)COc2c(OC)cccc2C1C(=O)NC1CCCC1. The van der Waals surface area contributed by atoms with E-state index >= 15 is 0 Å². The zero-order valence-corrected chi connectivity index (χ0v) is 18.3. The Kier molecular flexibility index (Phi) is 6.23. The largest absolute Gasteiger partial charge is 0.495 e. The van der Waals surface area contributed by atoms with Crippen molar-refractivity contribution in [1.29, 1.82) is 0 Å². The van der Waals surface area contributed by atoms with Crippen LogP contribution in [-0.2, 0) is 9.59 Å². The van der Waals surface area contributed by atoms with Gasteiger partial charge in [0.15, 0.2) is 18.1 Å². The van der Waals surface area contributed by atoms with Crippen molar-refractivity contribution < 1.29 is 23.8 Å². The Morgan fingerprint density at radius 3 is 2.58 bits per heavy atom. The number of nitrogens with zero attached hydrogens (tertiary/aromatic N) is 1. The standard InChI is InChI=1S/C23H25ClN2O5/c1-29-18-11-10-14(24)12-17(18)26-20(27)13-31-22-16(8-5-9-19(22)30-2)21(26)23(28)25-15-6-3-4-7-15/h5,8-12,15,21H,3-4,6-7,13H2,1-2H3,(H,25,28). The van der Waals surface area contributed by atoms with Gasteiger partial charge >= 0.3 is 0 Å². The molecule has 0 aromatic heterocycles. The first-order valence-corrected chi connectivity index (χ1v) is 10.7. The highest BCUT2D eigenvalue weighted by atomic mass is 35.5. The fraction of sp³-hybridized carbons (Fsp3) is 0.391. The number of hydrogen-bond donors (Lipinski definition) is 1. The molecule has 1 aliphatic carbocycles. The van der Waals surface area contributed by atoms with Gasteiger partial charge in [0.05, 0.1) is 19.9 Å². The van der Waals surface area contributed by atoms with Gasteiger partial charge < -0.3 is 19.5 Å². The Morgan fingerprint density at radius 2 is 1.87 bits per heavy atom. The van der Waals surface area contributed by atoms with Crippen LogP contribution in [0.15, 0.2) is 36.4 Å². The van der Waals surface area contributed by atoms with Crippen molar-refractivity contribution in [3.8, 4) is 17.2 Å². The van der Waals surface area contributed by atoms with Crippen LogP contribution in [0.5, 0.6) is 17.2 Å². The summed E-state index contributed by atoms with van der Waals surface area (Å²) >= 11 is 6.25. The van der Waals surface area contributed by atoms with Crippen LogP contribution in [0.4, 0.5) is 5.69 Å². The third-order valence-corrected chi connectivity index (χ3v) is 5.98. The van der Waals surface area contributed by atoms with Gasteiger partial charge in [0.25, 0.3) is 5.91 Å². The molecule has 2 aromatic carbocycles. The molecule has 164 valence electrons. The number of halogens is 1. The Bertz CT molecular complexity index is 990. The van der Waals surface area contributed by atoms with Crippen molar-refractivity contribution in [2.75, 3.05) is 25.7 Å². The molecule has 1 aliphatic heterocycles. The molecule has 4 rings (SSSR count). The maximum atomic E-state index is 13.6. The molecule has 0 saturated heterocycles. The van der Waals surface area contributed by atoms with E-state index in [9.17, 15) is 9.59 Å². The molecular weight excluding hydrogens is 420 g/mol. The van der Waals surface area contributed by atoms with E-state index in [-0.39, 0.29) is 24.5 Å². The zero-order valence-electron chi connectivity index (χ0n) is 17.5. The Balaban J connectivity index is 1.87. The van der Waals surface area contributed by atoms with Gasteiger partial charge in [-0.1, -0.05) is 36.6 Å². The smallest absolute Gasteiger partial charge is 0.266 e. The molecule has 1 saturated carbocycles. The van der Waals surface area contributed by atoms with E-state index in [0.29, 0.717) is 33.5 Å². The molecule has 1 fully saturated rings. The Morgan fingerprint density at radius 1 is 1.13 bits per heavy atom. The second kappa shape index (κ2) is 9.06. The van der Waals surface area contributed by atoms with E-state index in [1.165, 1.54) is 19.1 Å². The van der Waals surface area contributed by atoms with Gasteiger partial charge in [-0.05, 0) is 37.1 Å². The highest BCUT2D eigenvalue weighted by molar-refractivity contribution is 6.31. The maximum Gasteiger partial charge on any atom is 0.266 e. The average Bonchev–Trinajstić information content (AvgIpc) is 3.23. The average molecular weight is 445 g/mol. The molecule has 7 nitrogen and oxygen atoms in total. The lowest BCUT2D eigenvalue weighted by atomic mass is 10.0. The van der Waals surface area contributed by atoms with E-state index in [1.807, 2.05) is 0 Å². The number of nitrogens with one attached hydrogen (secondary N) is 1. The molecule has 2 aromatic rings. The van der Waals surface area contributed by atoms with Crippen LogP contribution in [0.1, 0.15) is 37.3 Å². The summed E-state index contributed by atoms with van der Waals surface area (Å²) in [5.74, 6) is 0.618. The third-order valence-electron chi connectivity index (χ3n) is 5.74. The number of fused-ring (bicyclic) bond motifs is 1. The highest BCUT2D eigenvalue weighted by Crippen LogP contribution is 2.44. The first-order valence-electron chi connectivity index (χ1n) is 10.3. The molecule has 1 atom stereocenters. The fourth-order valence-corrected chi connectivity index (χ4v) is 4.45. The number of carbonyl (C=O) groups is 2. The van der Waals surface area contributed by atoms with E-state index in [4.69, 9.17) is 25.8 Å². The van der Waals surface area contributed by atoms with Gasteiger partial charge in [-0.3, -0.25) is 14.5 Å². The first-order chi connectivity index (χ1) is 15.0. The number of anilines is 1. The lowest BCUT2D eigenvalue weighted by Crippen LogP contribution is -2.46. The summed E-state index contributed by atoms with van der Waals surface area (Å²) in [6, 6.07) is 9.39. The first kappa shape index (κ1) is 21.3. The molecule has 1 N–H and O–H groups in total. The minimum Gasteiger partial charge on any atom is -0.495 e. The quantitative estimate of drug-likeness (QED) is 0.757. The summed E-state index contributed by atoms with van der Waals surface area (Å²) < 4.78 is 16.7. The van der Waals surface area contributed by atoms with Gasteiger partial charge in [0, 0.05) is 16.6 Å². The van der Waals surface area contributed by atoms with Crippen LogP contribution in [0.25, 0.3) is 0 Å². The summed E-state index contributed by atoms with van der Waals surface area (Å²) in [5, 5.41) is 3.55. The minimum absolute atomic E-state index is 0.0870. The van der Waals surface area contributed by atoms with E-state index < -0.39 is 6.04 Å². The normalized spacial score (nSPS) is 18.7. The zero-order chi connectivity index (χ0) is 22.0. The van der Waals surface area contributed by atoms with Crippen LogP contribution in [0.2, 0.25) is 5.02 Å². The van der Waals surface area contributed by atoms with Crippen LogP contribution >= 0.6 is 11.6 Å². The number of rotatable bonds is 5. The molecule has 1 heterocycles. The number of benzene rings is 2. The summed E-state index contributed by atoms with van der Waals surface area (Å²) in [7, 11) is 3.03. The predicted molar refractivity (Wildman–Crippen MR) is 117 cm³/mol. The Labute approximate surface area is 186 Å². The van der Waals surface area contributed by atoms with Crippen LogP contribution in [0.3, 0.4) is 0 Å². The lowest BCUT2D eigenvalue weighted by Gasteiger charge is -2.31. The Hall–Kier alpha value is -2.93. The topological polar surface area (TPSA) is 77.1 Å². The number of ether oxygens (including phenoxy) is 3. The molecule has 2 amide bonds. The fourth-order valence-electron chi connectivity index (χ4n) is 4.28. The molecule has 31 heavy (non-hydrogen) atoms. The second-order valence-electron chi connectivity index (χ2n) is 7.64. The number of hydrogen-bond acceptors (Lipinski definition) is 5. The number of para-hydroxylation sites is 1. The van der Waals surface area contributed by atoms with Crippen molar-refractivity contribution >= 4 is 29.1 Å².